The van der Waals surface area contributed by atoms with Crippen molar-refractivity contribution in [3.63, 3.8) is 0 Å². The van der Waals surface area contributed by atoms with Crippen molar-refractivity contribution in [2.75, 3.05) is 6.54 Å². The highest BCUT2D eigenvalue weighted by Gasteiger charge is 2.19. The smallest absolute Gasteiger partial charge is 0.210 e. The van der Waals surface area contributed by atoms with Crippen LogP contribution in [0.3, 0.4) is 0 Å². The molecule has 2 rings (SSSR count). The van der Waals surface area contributed by atoms with Gasteiger partial charge < -0.3 is 5.32 Å². The molecule has 0 fully saturated rings. The average Bonchev–Trinajstić information content (AvgIpc) is 2.94. The van der Waals surface area contributed by atoms with Gasteiger partial charge in [-0.3, -0.25) is 0 Å². The van der Waals surface area contributed by atoms with Gasteiger partial charge in [-0.1, -0.05) is 20.8 Å². The molecular weight excluding hydrogens is 256 g/mol. The molecule has 0 radical (unpaired) electrons. The maximum absolute atomic E-state index is 4.64. The summed E-state index contributed by atoms with van der Waals surface area (Å²) in [5.41, 5.74) is 3.64. The van der Waals surface area contributed by atoms with E-state index in [1.54, 1.807) is 11.3 Å². The molecule has 1 unspecified atom stereocenters. The van der Waals surface area contributed by atoms with Gasteiger partial charge in [0.25, 0.3) is 0 Å². The van der Waals surface area contributed by atoms with E-state index in [0.717, 1.165) is 17.4 Å². The van der Waals surface area contributed by atoms with Crippen molar-refractivity contribution in [3.05, 3.63) is 28.5 Å². The van der Waals surface area contributed by atoms with Crippen LogP contribution < -0.4 is 5.32 Å². The highest BCUT2D eigenvalue weighted by Crippen LogP contribution is 2.25. The zero-order chi connectivity index (χ0) is 14.0. The van der Waals surface area contributed by atoms with Crippen LogP contribution in [-0.2, 0) is 0 Å². The van der Waals surface area contributed by atoms with Crippen LogP contribution in [0.4, 0.5) is 0 Å². The summed E-state index contributed by atoms with van der Waals surface area (Å²) in [5, 5.41) is 11.1. The van der Waals surface area contributed by atoms with E-state index in [-0.39, 0.29) is 0 Å². The maximum Gasteiger partial charge on any atom is 0.210 e. The zero-order valence-corrected chi connectivity index (χ0v) is 13.1. The SMILES string of the molecule is Cc1nn(-c2nccs2)c(C)c1C(C)CNC(C)C. The van der Waals surface area contributed by atoms with Crippen LogP contribution in [0.1, 0.15) is 43.6 Å². The molecule has 0 aliphatic heterocycles. The Morgan fingerprint density at radius 3 is 2.63 bits per heavy atom. The van der Waals surface area contributed by atoms with Crippen molar-refractivity contribution in [1.29, 1.82) is 0 Å². The molecule has 0 aromatic carbocycles. The van der Waals surface area contributed by atoms with Crippen LogP contribution in [0.15, 0.2) is 11.6 Å². The first-order valence-corrected chi connectivity index (χ1v) is 7.58. The van der Waals surface area contributed by atoms with Gasteiger partial charge in [0.05, 0.1) is 5.69 Å². The second kappa shape index (κ2) is 5.84. The van der Waals surface area contributed by atoms with Gasteiger partial charge >= 0.3 is 0 Å². The fraction of sp³-hybridized carbons (Fsp3) is 0.571. The first-order valence-electron chi connectivity index (χ1n) is 6.70. The van der Waals surface area contributed by atoms with Gasteiger partial charge in [0, 0.05) is 35.4 Å². The summed E-state index contributed by atoms with van der Waals surface area (Å²) >= 11 is 1.62. The number of rotatable bonds is 5. The summed E-state index contributed by atoms with van der Waals surface area (Å²) in [5.74, 6) is 0.455. The van der Waals surface area contributed by atoms with E-state index in [0.29, 0.717) is 12.0 Å². The zero-order valence-electron chi connectivity index (χ0n) is 12.3. The van der Waals surface area contributed by atoms with E-state index in [2.05, 4.69) is 50.0 Å². The minimum absolute atomic E-state index is 0.455. The van der Waals surface area contributed by atoms with Crippen LogP contribution in [0, 0.1) is 13.8 Å². The molecule has 4 nitrogen and oxygen atoms in total. The molecule has 104 valence electrons. The second-order valence-corrected chi connectivity index (χ2v) is 6.15. The van der Waals surface area contributed by atoms with Crippen molar-refractivity contribution >= 4 is 11.3 Å². The molecule has 1 atom stereocenters. The lowest BCUT2D eigenvalue weighted by Gasteiger charge is -2.15. The van der Waals surface area contributed by atoms with E-state index in [9.17, 15) is 0 Å². The highest BCUT2D eigenvalue weighted by molar-refractivity contribution is 7.12. The van der Waals surface area contributed by atoms with Gasteiger partial charge in [0.15, 0.2) is 0 Å². The standard InChI is InChI=1S/C14H22N4S/c1-9(2)16-8-10(3)13-11(4)17-18(12(13)5)14-15-6-7-19-14/h6-7,9-10,16H,8H2,1-5H3. The van der Waals surface area contributed by atoms with Crippen LogP contribution in [0.2, 0.25) is 0 Å². The highest BCUT2D eigenvalue weighted by atomic mass is 32.1. The molecule has 0 bridgehead atoms. The van der Waals surface area contributed by atoms with Crippen molar-refractivity contribution in [2.24, 2.45) is 0 Å². The largest absolute Gasteiger partial charge is 0.314 e. The number of thiazole rings is 1. The summed E-state index contributed by atoms with van der Waals surface area (Å²) in [6.45, 7) is 11.8. The third-order valence-corrected chi connectivity index (χ3v) is 4.02. The lowest BCUT2D eigenvalue weighted by molar-refractivity contribution is 0.546. The monoisotopic (exact) mass is 278 g/mol. The maximum atomic E-state index is 4.64. The molecular formula is C14H22N4S. The minimum Gasteiger partial charge on any atom is -0.314 e. The van der Waals surface area contributed by atoms with Gasteiger partial charge in [0.2, 0.25) is 5.13 Å². The summed E-state index contributed by atoms with van der Waals surface area (Å²) in [6.07, 6.45) is 1.82. The number of aromatic nitrogens is 3. The van der Waals surface area contributed by atoms with Crippen LogP contribution >= 0.6 is 11.3 Å². The molecule has 1 N–H and O–H groups in total. The molecule has 2 aromatic heterocycles. The Bertz CT molecular complexity index is 528. The third kappa shape index (κ3) is 3.04. The molecule has 0 saturated heterocycles. The van der Waals surface area contributed by atoms with Crippen LogP contribution in [-0.4, -0.2) is 27.4 Å². The van der Waals surface area contributed by atoms with Gasteiger partial charge in [0.1, 0.15) is 0 Å². The van der Waals surface area contributed by atoms with Crippen LogP contribution in [0.5, 0.6) is 0 Å². The fourth-order valence-corrected chi connectivity index (χ4v) is 3.03. The Morgan fingerprint density at radius 1 is 1.32 bits per heavy atom. The average molecular weight is 278 g/mol. The van der Waals surface area contributed by atoms with Gasteiger partial charge in [-0.25, -0.2) is 9.67 Å². The number of nitrogens with one attached hydrogen (secondary N) is 1. The van der Waals surface area contributed by atoms with Crippen molar-refractivity contribution in [3.8, 4) is 5.13 Å². The predicted molar refractivity (Wildman–Crippen MR) is 80.3 cm³/mol. The summed E-state index contributed by atoms with van der Waals surface area (Å²) in [7, 11) is 0. The Hall–Kier alpha value is -1.20. The number of aryl methyl sites for hydroxylation is 1. The Labute approximate surface area is 118 Å². The second-order valence-electron chi connectivity index (χ2n) is 5.27. The van der Waals surface area contributed by atoms with E-state index >= 15 is 0 Å². The van der Waals surface area contributed by atoms with E-state index in [1.807, 2.05) is 16.3 Å². The molecule has 0 aliphatic carbocycles. The van der Waals surface area contributed by atoms with E-state index in [1.165, 1.54) is 11.3 Å². The molecule has 2 heterocycles. The predicted octanol–water partition coefficient (Wildman–Crippen LogP) is 3.05. The molecule has 0 spiro atoms. The first kappa shape index (κ1) is 14.2. The minimum atomic E-state index is 0.455. The van der Waals surface area contributed by atoms with Gasteiger partial charge in [-0.15, -0.1) is 11.3 Å². The molecule has 19 heavy (non-hydrogen) atoms. The Kier molecular flexibility index (Phi) is 4.37. The lowest BCUT2D eigenvalue weighted by atomic mass is 9.99. The van der Waals surface area contributed by atoms with Gasteiger partial charge in [-0.05, 0) is 19.8 Å². The Morgan fingerprint density at radius 2 is 2.05 bits per heavy atom. The third-order valence-electron chi connectivity index (χ3n) is 3.27. The molecule has 0 amide bonds. The quantitative estimate of drug-likeness (QED) is 0.914. The van der Waals surface area contributed by atoms with Crippen molar-refractivity contribution in [2.45, 2.75) is 46.6 Å². The molecule has 5 heteroatoms. The number of hydrogen-bond donors (Lipinski definition) is 1. The van der Waals surface area contributed by atoms with Gasteiger partial charge in [-0.2, -0.15) is 5.10 Å². The van der Waals surface area contributed by atoms with E-state index < -0.39 is 0 Å². The number of nitrogens with zero attached hydrogens (tertiary/aromatic N) is 3. The summed E-state index contributed by atoms with van der Waals surface area (Å²) in [4.78, 5) is 4.34. The number of hydrogen-bond acceptors (Lipinski definition) is 4. The van der Waals surface area contributed by atoms with Crippen LogP contribution in [0.25, 0.3) is 5.13 Å². The van der Waals surface area contributed by atoms with Crippen molar-refractivity contribution in [1.82, 2.24) is 20.1 Å². The molecule has 0 aliphatic rings. The molecule has 0 saturated carbocycles. The lowest BCUT2D eigenvalue weighted by Crippen LogP contribution is -2.27. The van der Waals surface area contributed by atoms with Crippen molar-refractivity contribution < 1.29 is 0 Å². The summed E-state index contributed by atoms with van der Waals surface area (Å²) in [6, 6.07) is 0.511. The first-order chi connectivity index (χ1) is 9.00. The fourth-order valence-electron chi connectivity index (χ4n) is 2.39. The molecule has 2 aromatic rings. The normalized spacial score (nSPS) is 13.2. The summed E-state index contributed by atoms with van der Waals surface area (Å²) < 4.78 is 1.96. The Balaban J connectivity index is 2.27. The topological polar surface area (TPSA) is 42.7 Å². The van der Waals surface area contributed by atoms with E-state index in [4.69, 9.17) is 0 Å².